The monoisotopic (exact) mass is 341 g/mol. The van der Waals surface area contributed by atoms with Gasteiger partial charge in [-0.2, -0.15) is 0 Å². The first-order valence-electron chi connectivity index (χ1n) is 7.35. The van der Waals surface area contributed by atoms with E-state index in [1.54, 1.807) is 31.3 Å². The second-order valence-corrected chi connectivity index (χ2v) is 8.02. The molecule has 1 aromatic carbocycles. The molecule has 0 N–H and O–H groups in total. The fraction of sp³-hybridized carbons (Fsp3) is 0.467. The Morgan fingerprint density at radius 1 is 1.17 bits per heavy atom. The maximum absolute atomic E-state index is 13.1. The number of sulfone groups is 1. The Morgan fingerprint density at radius 2 is 1.83 bits per heavy atom. The van der Waals surface area contributed by atoms with Crippen molar-refractivity contribution in [3.8, 4) is 0 Å². The summed E-state index contributed by atoms with van der Waals surface area (Å²) in [6, 6.07) is 6.96. The smallest absolute Gasteiger partial charge is 0.297 e. The summed E-state index contributed by atoms with van der Waals surface area (Å²) in [5, 5.41) is 0.688. The average Bonchev–Trinajstić information content (AvgIpc) is 2.53. The van der Waals surface area contributed by atoms with E-state index in [9.17, 15) is 17.2 Å². The Morgan fingerprint density at radius 3 is 2.48 bits per heavy atom. The molecule has 1 aromatic heterocycles. The highest BCUT2D eigenvalue weighted by atomic mass is 32.2. The van der Waals surface area contributed by atoms with Crippen molar-refractivity contribution in [2.75, 3.05) is 23.5 Å². The van der Waals surface area contributed by atoms with Crippen LogP contribution in [0.15, 0.2) is 24.3 Å². The molecular formula is C15H17F2N3O2S. The molecule has 5 nitrogen and oxygen atoms in total. The molecule has 8 heteroatoms. The topological polar surface area (TPSA) is 63.2 Å². The molecular weight excluding hydrogens is 324 g/mol. The summed E-state index contributed by atoms with van der Waals surface area (Å²) in [7, 11) is -1.20. The minimum absolute atomic E-state index is 0.0395. The van der Waals surface area contributed by atoms with Gasteiger partial charge in [-0.25, -0.2) is 27.2 Å². The number of rotatable bonds is 3. The van der Waals surface area contributed by atoms with E-state index < -0.39 is 22.1 Å². The highest BCUT2D eigenvalue weighted by Crippen LogP contribution is 2.29. The van der Waals surface area contributed by atoms with Crippen LogP contribution in [0.2, 0.25) is 0 Å². The fourth-order valence-electron chi connectivity index (χ4n) is 2.88. The number of para-hydroxylation sites is 1. The number of hydrogen-bond acceptors (Lipinski definition) is 5. The van der Waals surface area contributed by atoms with Crippen molar-refractivity contribution in [3.63, 3.8) is 0 Å². The maximum atomic E-state index is 13.1. The van der Waals surface area contributed by atoms with E-state index in [1.165, 1.54) is 0 Å². The van der Waals surface area contributed by atoms with E-state index in [2.05, 4.69) is 9.97 Å². The minimum atomic E-state index is -2.97. The highest BCUT2D eigenvalue weighted by Gasteiger charge is 2.28. The Kier molecular flexibility index (Phi) is 4.18. The summed E-state index contributed by atoms with van der Waals surface area (Å²) in [6.07, 6.45) is -1.80. The van der Waals surface area contributed by atoms with Crippen molar-refractivity contribution < 1.29 is 17.2 Å². The molecule has 0 unspecified atom stereocenters. The summed E-state index contributed by atoms with van der Waals surface area (Å²) in [5.74, 6) is 0.156. The maximum Gasteiger partial charge on any atom is 0.297 e. The van der Waals surface area contributed by atoms with E-state index in [1.807, 2.05) is 4.90 Å². The lowest BCUT2D eigenvalue weighted by Gasteiger charge is -2.32. The molecule has 0 radical (unpaired) electrons. The quantitative estimate of drug-likeness (QED) is 0.859. The van der Waals surface area contributed by atoms with Gasteiger partial charge >= 0.3 is 0 Å². The van der Waals surface area contributed by atoms with Crippen LogP contribution in [0, 0.1) is 0 Å². The van der Waals surface area contributed by atoms with E-state index in [4.69, 9.17) is 0 Å². The van der Waals surface area contributed by atoms with Crippen LogP contribution < -0.4 is 4.90 Å². The van der Waals surface area contributed by atoms with Crippen LogP contribution in [0.5, 0.6) is 0 Å². The number of alkyl halides is 2. The number of aromatic nitrogens is 2. The molecule has 2 heterocycles. The Balaban J connectivity index is 2.01. The first-order valence-corrected chi connectivity index (χ1v) is 9.17. The summed E-state index contributed by atoms with van der Waals surface area (Å²) in [4.78, 5) is 9.74. The number of halogens is 2. The third-order valence-electron chi connectivity index (χ3n) is 4.20. The Hall–Kier alpha value is -1.83. The second-order valence-electron chi connectivity index (χ2n) is 5.72. The molecule has 3 rings (SSSR count). The Labute approximate surface area is 133 Å². The van der Waals surface area contributed by atoms with Crippen molar-refractivity contribution in [3.05, 3.63) is 30.1 Å². The van der Waals surface area contributed by atoms with Crippen LogP contribution >= 0.6 is 0 Å². The summed E-state index contributed by atoms with van der Waals surface area (Å²) in [5.41, 5.74) is 0.461. The van der Waals surface area contributed by atoms with Gasteiger partial charge in [0.15, 0.2) is 5.82 Å². The third kappa shape index (κ3) is 3.26. The fourth-order valence-corrected chi connectivity index (χ4v) is 4.35. The van der Waals surface area contributed by atoms with Gasteiger partial charge in [0, 0.05) is 18.5 Å². The molecule has 1 saturated heterocycles. The number of fused-ring (bicyclic) bond motifs is 1. The molecule has 0 atom stereocenters. The Bertz CT molecular complexity index is 813. The SMILES string of the molecule is CN(c1nc(C(F)F)nc2ccccc12)C1CCS(=O)(=O)CC1. The minimum Gasteiger partial charge on any atom is -0.356 e. The summed E-state index contributed by atoms with van der Waals surface area (Å²) >= 11 is 0. The molecule has 0 spiro atoms. The average molecular weight is 341 g/mol. The zero-order chi connectivity index (χ0) is 16.6. The molecule has 0 amide bonds. The molecule has 1 aliphatic heterocycles. The van der Waals surface area contributed by atoms with E-state index in [-0.39, 0.29) is 17.5 Å². The standard InChI is InChI=1S/C15H17F2N3O2S/c1-20(10-6-8-23(21,22)9-7-10)15-11-4-2-3-5-12(11)18-14(19-15)13(16)17/h2-5,10,13H,6-9H2,1H3. The van der Waals surface area contributed by atoms with Crippen molar-refractivity contribution in [1.82, 2.24) is 9.97 Å². The summed E-state index contributed by atoms with van der Waals surface area (Å²) < 4.78 is 49.3. The van der Waals surface area contributed by atoms with Crippen LogP contribution in [0.3, 0.4) is 0 Å². The predicted octanol–water partition coefficient (Wildman–Crippen LogP) is 2.58. The van der Waals surface area contributed by atoms with E-state index in [0.29, 0.717) is 29.6 Å². The zero-order valence-corrected chi connectivity index (χ0v) is 13.4. The van der Waals surface area contributed by atoms with Crippen molar-refractivity contribution >= 4 is 26.6 Å². The molecule has 1 fully saturated rings. The van der Waals surface area contributed by atoms with Crippen molar-refractivity contribution in [2.45, 2.75) is 25.3 Å². The van der Waals surface area contributed by atoms with Gasteiger partial charge in [-0.15, -0.1) is 0 Å². The second kappa shape index (κ2) is 5.99. The molecule has 0 saturated carbocycles. The lowest BCUT2D eigenvalue weighted by molar-refractivity contribution is 0.141. The van der Waals surface area contributed by atoms with Crippen LogP contribution in [0.1, 0.15) is 25.1 Å². The normalized spacial score (nSPS) is 18.4. The van der Waals surface area contributed by atoms with Crippen LogP contribution in [0.4, 0.5) is 14.6 Å². The van der Waals surface area contributed by atoms with Gasteiger partial charge in [0.05, 0.1) is 17.0 Å². The van der Waals surface area contributed by atoms with E-state index >= 15 is 0 Å². The molecule has 23 heavy (non-hydrogen) atoms. The zero-order valence-electron chi connectivity index (χ0n) is 12.6. The van der Waals surface area contributed by atoms with Crippen LogP contribution in [0.25, 0.3) is 10.9 Å². The predicted molar refractivity (Wildman–Crippen MR) is 84.6 cm³/mol. The first-order chi connectivity index (χ1) is 10.9. The highest BCUT2D eigenvalue weighted by molar-refractivity contribution is 7.91. The molecule has 0 aliphatic carbocycles. The van der Waals surface area contributed by atoms with Gasteiger partial charge in [0.1, 0.15) is 15.7 Å². The lowest BCUT2D eigenvalue weighted by atomic mass is 10.1. The largest absolute Gasteiger partial charge is 0.356 e. The number of anilines is 1. The van der Waals surface area contributed by atoms with Crippen molar-refractivity contribution in [1.29, 1.82) is 0 Å². The molecule has 2 aromatic rings. The van der Waals surface area contributed by atoms with Gasteiger partial charge in [-0.1, -0.05) is 12.1 Å². The molecule has 1 aliphatic rings. The lowest BCUT2D eigenvalue weighted by Crippen LogP contribution is -2.39. The number of nitrogens with zero attached hydrogens (tertiary/aromatic N) is 3. The van der Waals surface area contributed by atoms with Gasteiger partial charge in [-0.05, 0) is 25.0 Å². The van der Waals surface area contributed by atoms with E-state index in [0.717, 1.165) is 0 Å². The van der Waals surface area contributed by atoms with Gasteiger partial charge < -0.3 is 4.90 Å². The van der Waals surface area contributed by atoms with Gasteiger partial charge in [-0.3, -0.25) is 0 Å². The van der Waals surface area contributed by atoms with Crippen LogP contribution in [-0.4, -0.2) is 43.0 Å². The number of hydrogen-bond donors (Lipinski definition) is 0. The molecule has 124 valence electrons. The van der Waals surface area contributed by atoms with Crippen LogP contribution in [-0.2, 0) is 9.84 Å². The summed E-state index contributed by atoms with van der Waals surface area (Å²) in [6.45, 7) is 0. The van der Waals surface area contributed by atoms with Gasteiger partial charge in [0.2, 0.25) is 0 Å². The van der Waals surface area contributed by atoms with Crippen molar-refractivity contribution in [2.24, 2.45) is 0 Å². The molecule has 0 bridgehead atoms. The first kappa shape index (κ1) is 16.0. The number of benzene rings is 1. The van der Waals surface area contributed by atoms with Gasteiger partial charge in [0.25, 0.3) is 6.43 Å². The third-order valence-corrected chi connectivity index (χ3v) is 5.92.